The van der Waals surface area contributed by atoms with E-state index in [0.29, 0.717) is 10.8 Å². The molecule has 5 heteroatoms. The van der Waals surface area contributed by atoms with Crippen LogP contribution in [0.5, 0.6) is 0 Å². The van der Waals surface area contributed by atoms with Crippen molar-refractivity contribution in [2.45, 2.75) is 13.8 Å². The molecule has 1 heterocycles. The molecule has 0 radical (unpaired) electrons. The van der Waals surface area contributed by atoms with Gasteiger partial charge in [0, 0.05) is 4.47 Å². The molecule has 0 aliphatic carbocycles. The summed E-state index contributed by atoms with van der Waals surface area (Å²) in [5.41, 5.74) is 3.76. The summed E-state index contributed by atoms with van der Waals surface area (Å²) in [6.07, 6.45) is 0. The standard InChI is InChI=1S/C15H12BrFN2S/c1-8-5-9(2)14-13(6-8)19-15(20-14)18-12-4-3-10(16)7-11(12)17/h3-7H,1-2H3,(H,18,19). The van der Waals surface area contributed by atoms with Gasteiger partial charge in [-0.3, -0.25) is 0 Å². The Balaban J connectivity index is 2.01. The molecule has 1 N–H and O–H groups in total. The van der Waals surface area contributed by atoms with Crippen molar-refractivity contribution in [3.63, 3.8) is 0 Å². The monoisotopic (exact) mass is 350 g/mol. The zero-order chi connectivity index (χ0) is 14.3. The number of benzene rings is 2. The molecule has 20 heavy (non-hydrogen) atoms. The molecule has 0 unspecified atom stereocenters. The Bertz CT molecular complexity index is 798. The lowest BCUT2D eigenvalue weighted by Gasteiger charge is -2.03. The van der Waals surface area contributed by atoms with Crippen LogP contribution in [0.3, 0.4) is 0 Å². The second kappa shape index (κ2) is 5.14. The lowest BCUT2D eigenvalue weighted by Crippen LogP contribution is -1.92. The van der Waals surface area contributed by atoms with E-state index in [0.717, 1.165) is 14.7 Å². The molecule has 3 aromatic rings. The summed E-state index contributed by atoms with van der Waals surface area (Å²) in [4.78, 5) is 4.52. The van der Waals surface area contributed by atoms with E-state index in [1.807, 2.05) is 13.0 Å². The van der Waals surface area contributed by atoms with E-state index in [4.69, 9.17) is 0 Å². The molecular weight excluding hydrogens is 339 g/mol. The van der Waals surface area contributed by atoms with Gasteiger partial charge in [-0.15, -0.1) is 0 Å². The third kappa shape index (κ3) is 2.55. The number of rotatable bonds is 2. The van der Waals surface area contributed by atoms with Crippen molar-refractivity contribution in [2.24, 2.45) is 0 Å². The van der Waals surface area contributed by atoms with Gasteiger partial charge in [0.1, 0.15) is 5.82 Å². The summed E-state index contributed by atoms with van der Waals surface area (Å²) in [6, 6.07) is 9.11. The molecule has 2 nitrogen and oxygen atoms in total. The van der Waals surface area contributed by atoms with Crippen LogP contribution >= 0.6 is 27.3 Å². The van der Waals surface area contributed by atoms with Crippen LogP contribution in [0.4, 0.5) is 15.2 Å². The van der Waals surface area contributed by atoms with Crippen LogP contribution in [0, 0.1) is 19.7 Å². The smallest absolute Gasteiger partial charge is 0.188 e. The molecule has 3 rings (SSSR count). The van der Waals surface area contributed by atoms with Crippen molar-refractivity contribution in [1.82, 2.24) is 4.98 Å². The lowest BCUT2D eigenvalue weighted by atomic mass is 10.1. The summed E-state index contributed by atoms with van der Waals surface area (Å²) in [6.45, 7) is 4.12. The number of aryl methyl sites for hydroxylation is 2. The number of fused-ring (bicyclic) bond motifs is 1. The number of hydrogen-bond acceptors (Lipinski definition) is 3. The van der Waals surface area contributed by atoms with Gasteiger partial charge < -0.3 is 5.32 Å². The fourth-order valence-electron chi connectivity index (χ4n) is 2.14. The molecule has 102 valence electrons. The Morgan fingerprint density at radius 2 is 2.00 bits per heavy atom. The van der Waals surface area contributed by atoms with Gasteiger partial charge in [-0.2, -0.15) is 0 Å². The molecule has 0 saturated heterocycles. The molecule has 0 amide bonds. The maximum Gasteiger partial charge on any atom is 0.188 e. The maximum absolute atomic E-state index is 13.8. The first-order valence-electron chi connectivity index (χ1n) is 6.13. The molecule has 0 spiro atoms. The fourth-order valence-corrected chi connectivity index (χ4v) is 3.40. The van der Waals surface area contributed by atoms with Gasteiger partial charge in [-0.1, -0.05) is 33.3 Å². The quantitative estimate of drug-likeness (QED) is 0.654. The van der Waals surface area contributed by atoms with E-state index in [1.54, 1.807) is 12.1 Å². The third-order valence-corrected chi connectivity index (χ3v) is 4.61. The summed E-state index contributed by atoms with van der Waals surface area (Å²) in [5, 5.41) is 3.75. The minimum atomic E-state index is -0.300. The number of thiazole rings is 1. The average Bonchev–Trinajstić information content (AvgIpc) is 2.75. The highest BCUT2D eigenvalue weighted by molar-refractivity contribution is 9.10. The highest BCUT2D eigenvalue weighted by atomic mass is 79.9. The molecular formula is C15H12BrFN2S. The Hall–Kier alpha value is -1.46. The normalized spacial score (nSPS) is 11.0. The van der Waals surface area contributed by atoms with Crippen LogP contribution < -0.4 is 5.32 Å². The topological polar surface area (TPSA) is 24.9 Å². The van der Waals surface area contributed by atoms with Crippen molar-refractivity contribution < 1.29 is 4.39 Å². The second-order valence-electron chi connectivity index (χ2n) is 4.70. The third-order valence-electron chi connectivity index (χ3n) is 2.99. The number of hydrogen-bond donors (Lipinski definition) is 1. The molecule has 0 aliphatic heterocycles. The summed E-state index contributed by atoms with van der Waals surface area (Å²) < 4.78 is 15.7. The van der Waals surface area contributed by atoms with Crippen molar-refractivity contribution in [3.8, 4) is 0 Å². The van der Waals surface area contributed by atoms with Gasteiger partial charge in [0.25, 0.3) is 0 Å². The van der Waals surface area contributed by atoms with Crippen molar-refractivity contribution >= 4 is 48.3 Å². The van der Waals surface area contributed by atoms with E-state index < -0.39 is 0 Å². The number of nitrogens with zero attached hydrogens (tertiary/aromatic N) is 1. The zero-order valence-corrected chi connectivity index (χ0v) is 13.4. The highest BCUT2D eigenvalue weighted by Crippen LogP contribution is 2.32. The fraction of sp³-hybridized carbons (Fsp3) is 0.133. The maximum atomic E-state index is 13.8. The largest absolute Gasteiger partial charge is 0.329 e. The van der Waals surface area contributed by atoms with Crippen LogP contribution in [0.1, 0.15) is 11.1 Å². The Kier molecular flexibility index (Phi) is 3.48. The van der Waals surface area contributed by atoms with Crippen molar-refractivity contribution in [3.05, 3.63) is 51.7 Å². The first-order chi connectivity index (χ1) is 9.52. The molecule has 0 fully saturated rings. The van der Waals surface area contributed by atoms with Gasteiger partial charge >= 0.3 is 0 Å². The molecule has 0 aliphatic rings. The lowest BCUT2D eigenvalue weighted by molar-refractivity contribution is 0.631. The van der Waals surface area contributed by atoms with Crippen LogP contribution in [-0.4, -0.2) is 4.98 Å². The Labute approximate surface area is 128 Å². The van der Waals surface area contributed by atoms with Gasteiger partial charge in [0.05, 0.1) is 15.9 Å². The van der Waals surface area contributed by atoms with E-state index >= 15 is 0 Å². The minimum absolute atomic E-state index is 0.300. The van der Waals surface area contributed by atoms with Crippen LogP contribution in [0.2, 0.25) is 0 Å². The van der Waals surface area contributed by atoms with E-state index in [-0.39, 0.29) is 5.82 Å². The van der Waals surface area contributed by atoms with E-state index in [9.17, 15) is 4.39 Å². The van der Waals surface area contributed by atoms with Gasteiger partial charge in [0.2, 0.25) is 0 Å². The predicted octanol–water partition coefficient (Wildman–Crippen LogP) is 5.56. The highest BCUT2D eigenvalue weighted by Gasteiger charge is 2.09. The number of nitrogens with one attached hydrogen (secondary N) is 1. The van der Waals surface area contributed by atoms with Crippen molar-refractivity contribution in [1.29, 1.82) is 0 Å². The number of aromatic nitrogens is 1. The molecule has 0 bridgehead atoms. The summed E-state index contributed by atoms with van der Waals surface area (Å²) in [5.74, 6) is -0.300. The van der Waals surface area contributed by atoms with Gasteiger partial charge in [0.15, 0.2) is 5.13 Å². The summed E-state index contributed by atoms with van der Waals surface area (Å²) >= 11 is 4.79. The van der Waals surface area contributed by atoms with Crippen molar-refractivity contribution in [2.75, 3.05) is 5.32 Å². The minimum Gasteiger partial charge on any atom is -0.329 e. The predicted molar refractivity (Wildman–Crippen MR) is 86.5 cm³/mol. The molecule has 1 aromatic heterocycles. The Morgan fingerprint density at radius 3 is 2.75 bits per heavy atom. The molecule has 2 aromatic carbocycles. The molecule has 0 atom stereocenters. The SMILES string of the molecule is Cc1cc(C)c2sc(Nc3ccc(Br)cc3F)nc2c1. The van der Waals surface area contributed by atoms with Crippen LogP contribution in [0.25, 0.3) is 10.2 Å². The Morgan fingerprint density at radius 1 is 1.20 bits per heavy atom. The number of anilines is 2. The van der Waals surface area contributed by atoms with Crippen LogP contribution in [0.15, 0.2) is 34.8 Å². The summed E-state index contributed by atoms with van der Waals surface area (Å²) in [7, 11) is 0. The van der Waals surface area contributed by atoms with E-state index in [1.165, 1.54) is 28.5 Å². The van der Waals surface area contributed by atoms with Gasteiger partial charge in [-0.05, 0) is 49.2 Å². The zero-order valence-electron chi connectivity index (χ0n) is 11.0. The average molecular weight is 351 g/mol. The first kappa shape index (κ1) is 13.5. The second-order valence-corrected chi connectivity index (χ2v) is 6.61. The number of halogens is 2. The first-order valence-corrected chi connectivity index (χ1v) is 7.74. The van der Waals surface area contributed by atoms with E-state index in [2.05, 4.69) is 39.2 Å². The molecule has 0 saturated carbocycles. The van der Waals surface area contributed by atoms with Crippen LogP contribution in [-0.2, 0) is 0 Å². The van der Waals surface area contributed by atoms with Gasteiger partial charge in [-0.25, -0.2) is 9.37 Å².